The highest BCUT2D eigenvalue weighted by Gasteiger charge is 2.09. The molecule has 3 nitrogen and oxygen atoms in total. The quantitative estimate of drug-likeness (QED) is 0.623. The Morgan fingerprint density at radius 1 is 1.44 bits per heavy atom. The Labute approximate surface area is 117 Å². The summed E-state index contributed by atoms with van der Waals surface area (Å²) < 4.78 is 0. The lowest BCUT2D eigenvalue weighted by Gasteiger charge is -2.14. The molecule has 0 unspecified atom stereocenters. The molecule has 0 heterocycles. The van der Waals surface area contributed by atoms with Crippen molar-refractivity contribution >= 4 is 35.0 Å². The molecule has 5 heteroatoms. The van der Waals surface area contributed by atoms with E-state index in [-0.39, 0.29) is 11.9 Å². The molecule has 0 bridgehead atoms. The molecule has 0 saturated heterocycles. The van der Waals surface area contributed by atoms with Crippen LogP contribution < -0.4 is 11.1 Å². The number of hydrogen-bond donors (Lipinski definition) is 2. The van der Waals surface area contributed by atoms with Gasteiger partial charge in [-0.05, 0) is 31.0 Å². The SMILES string of the molecule is CCC(CC)NC(=O)CSc1ccc(Cl)cc1N. The van der Waals surface area contributed by atoms with E-state index in [4.69, 9.17) is 17.3 Å². The molecule has 0 spiro atoms. The molecule has 0 saturated carbocycles. The van der Waals surface area contributed by atoms with E-state index >= 15 is 0 Å². The second kappa shape index (κ2) is 7.54. The minimum absolute atomic E-state index is 0.0445. The summed E-state index contributed by atoms with van der Waals surface area (Å²) in [5.41, 5.74) is 6.44. The molecule has 0 fully saturated rings. The Morgan fingerprint density at radius 3 is 2.67 bits per heavy atom. The van der Waals surface area contributed by atoms with Gasteiger partial charge in [-0.3, -0.25) is 4.79 Å². The summed E-state index contributed by atoms with van der Waals surface area (Å²) in [7, 11) is 0. The molecular formula is C13H19ClN2OS. The minimum atomic E-state index is 0.0445. The highest BCUT2D eigenvalue weighted by molar-refractivity contribution is 8.00. The van der Waals surface area contributed by atoms with Crippen molar-refractivity contribution in [3.8, 4) is 0 Å². The molecule has 0 radical (unpaired) electrons. The van der Waals surface area contributed by atoms with Crippen LogP contribution in [0.4, 0.5) is 5.69 Å². The van der Waals surface area contributed by atoms with E-state index in [0.717, 1.165) is 17.7 Å². The first-order chi connectivity index (χ1) is 8.56. The molecule has 1 aromatic rings. The van der Waals surface area contributed by atoms with Crippen molar-refractivity contribution in [1.82, 2.24) is 5.32 Å². The van der Waals surface area contributed by atoms with Crippen LogP contribution in [0.3, 0.4) is 0 Å². The molecule has 0 aromatic heterocycles. The van der Waals surface area contributed by atoms with E-state index in [0.29, 0.717) is 16.5 Å². The fraction of sp³-hybridized carbons (Fsp3) is 0.462. The van der Waals surface area contributed by atoms with Gasteiger partial charge in [-0.15, -0.1) is 11.8 Å². The third-order valence-electron chi connectivity index (χ3n) is 2.68. The van der Waals surface area contributed by atoms with Gasteiger partial charge < -0.3 is 11.1 Å². The summed E-state index contributed by atoms with van der Waals surface area (Å²) in [4.78, 5) is 12.6. The molecule has 1 aromatic carbocycles. The zero-order valence-electron chi connectivity index (χ0n) is 10.7. The van der Waals surface area contributed by atoms with Crippen LogP contribution in [-0.2, 0) is 4.79 Å². The van der Waals surface area contributed by atoms with Gasteiger partial charge in [-0.2, -0.15) is 0 Å². The van der Waals surface area contributed by atoms with Gasteiger partial charge in [0.15, 0.2) is 0 Å². The van der Waals surface area contributed by atoms with Crippen molar-refractivity contribution in [1.29, 1.82) is 0 Å². The molecule has 0 aliphatic rings. The van der Waals surface area contributed by atoms with E-state index in [1.54, 1.807) is 12.1 Å². The predicted molar refractivity (Wildman–Crippen MR) is 79.1 cm³/mol. The number of hydrogen-bond acceptors (Lipinski definition) is 3. The van der Waals surface area contributed by atoms with Crippen LogP contribution in [0.2, 0.25) is 5.02 Å². The lowest BCUT2D eigenvalue weighted by atomic mass is 10.2. The van der Waals surface area contributed by atoms with Gasteiger partial charge in [0.2, 0.25) is 5.91 Å². The van der Waals surface area contributed by atoms with Crippen molar-refractivity contribution < 1.29 is 4.79 Å². The van der Waals surface area contributed by atoms with E-state index in [1.165, 1.54) is 11.8 Å². The standard InChI is InChI=1S/C13H19ClN2OS/c1-3-10(4-2)16-13(17)8-18-12-6-5-9(14)7-11(12)15/h5-7,10H,3-4,8,15H2,1-2H3,(H,16,17). The van der Waals surface area contributed by atoms with E-state index in [1.807, 2.05) is 6.07 Å². The van der Waals surface area contributed by atoms with Crippen molar-refractivity contribution in [2.24, 2.45) is 0 Å². The lowest BCUT2D eigenvalue weighted by Crippen LogP contribution is -2.35. The second-order valence-electron chi connectivity index (χ2n) is 4.05. The number of carbonyl (C=O) groups is 1. The molecule has 18 heavy (non-hydrogen) atoms. The maximum Gasteiger partial charge on any atom is 0.230 e. The van der Waals surface area contributed by atoms with Crippen LogP contribution >= 0.6 is 23.4 Å². The number of nitrogens with one attached hydrogen (secondary N) is 1. The number of amides is 1. The van der Waals surface area contributed by atoms with E-state index in [2.05, 4.69) is 19.2 Å². The van der Waals surface area contributed by atoms with E-state index < -0.39 is 0 Å². The Morgan fingerprint density at radius 2 is 2.11 bits per heavy atom. The highest BCUT2D eigenvalue weighted by Crippen LogP contribution is 2.27. The number of nitrogen functional groups attached to an aromatic ring is 1. The first-order valence-electron chi connectivity index (χ1n) is 6.04. The first kappa shape index (κ1) is 15.2. The molecular weight excluding hydrogens is 268 g/mol. The summed E-state index contributed by atoms with van der Waals surface area (Å²) in [6.07, 6.45) is 1.91. The second-order valence-corrected chi connectivity index (χ2v) is 5.51. The Kier molecular flexibility index (Phi) is 6.36. The van der Waals surface area contributed by atoms with Crippen LogP contribution in [0.1, 0.15) is 26.7 Å². The fourth-order valence-corrected chi connectivity index (χ4v) is 2.50. The van der Waals surface area contributed by atoms with Gasteiger partial charge in [-0.25, -0.2) is 0 Å². The van der Waals surface area contributed by atoms with Gasteiger partial charge in [-0.1, -0.05) is 25.4 Å². The van der Waals surface area contributed by atoms with Crippen LogP contribution in [0.15, 0.2) is 23.1 Å². The number of rotatable bonds is 6. The molecule has 100 valence electrons. The summed E-state index contributed by atoms with van der Waals surface area (Å²) in [6, 6.07) is 5.58. The molecule has 0 aliphatic heterocycles. The normalized spacial score (nSPS) is 10.7. The largest absolute Gasteiger partial charge is 0.398 e. The number of nitrogens with two attached hydrogens (primary N) is 1. The zero-order valence-corrected chi connectivity index (χ0v) is 12.3. The highest BCUT2D eigenvalue weighted by atomic mass is 35.5. The predicted octanol–water partition coefficient (Wildman–Crippen LogP) is 3.32. The fourth-order valence-electron chi connectivity index (χ4n) is 1.56. The Hall–Kier alpha value is -0.870. The number of anilines is 1. The summed E-state index contributed by atoms with van der Waals surface area (Å²) in [5.74, 6) is 0.422. The third-order valence-corrected chi connectivity index (χ3v) is 4.01. The van der Waals surface area contributed by atoms with Crippen LogP contribution in [0, 0.1) is 0 Å². The topological polar surface area (TPSA) is 55.1 Å². The third kappa shape index (κ3) is 4.78. The van der Waals surface area contributed by atoms with E-state index in [9.17, 15) is 4.79 Å². The molecule has 0 aliphatic carbocycles. The van der Waals surface area contributed by atoms with Crippen LogP contribution in [0.5, 0.6) is 0 Å². The van der Waals surface area contributed by atoms with Crippen molar-refractivity contribution in [2.75, 3.05) is 11.5 Å². The summed E-state index contributed by atoms with van der Waals surface area (Å²) >= 11 is 7.25. The molecule has 3 N–H and O–H groups in total. The van der Waals surface area contributed by atoms with Gasteiger partial charge in [0.25, 0.3) is 0 Å². The maximum atomic E-state index is 11.7. The lowest BCUT2D eigenvalue weighted by molar-refractivity contribution is -0.119. The number of carbonyl (C=O) groups excluding carboxylic acids is 1. The van der Waals surface area contributed by atoms with Crippen molar-refractivity contribution in [3.63, 3.8) is 0 Å². The van der Waals surface area contributed by atoms with Crippen molar-refractivity contribution in [3.05, 3.63) is 23.2 Å². The number of benzene rings is 1. The monoisotopic (exact) mass is 286 g/mol. The summed E-state index contributed by atoms with van der Waals surface area (Å²) in [5, 5.41) is 3.60. The number of thioether (sulfide) groups is 1. The zero-order chi connectivity index (χ0) is 13.5. The van der Waals surface area contributed by atoms with Gasteiger partial charge >= 0.3 is 0 Å². The average molecular weight is 287 g/mol. The van der Waals surface area contributed by atoms with Crippen LogP contribution in [0.25, 0.3) is 0 Å². The molecule has 0 atom stereocenters. The van der Waals surface area contributed by atoms with Crippen molar-refractivity contribution in [2.45, 2.75) is 37.6 Å². The van der Waals surface area contributed by atoms with Gasteiger partial charge in [0, 0.05) is 21.6 Å². The smallest absolute Gasteiger partial charge is 0.230 e. The number of halogens is 1. The van der Waals surface area contributed by atoms with Gasteiger partial charge in [0.05, 0.1) is 5.75 Å². The molecule has 1 amide bonds. The first-order valence-corrected chi connectivity index (χ1v) is 7.40. The minimum Gasteiger partial charge on any atom is -0.398 e. The average Bonchev–Trinajstić information content (AvgIpc) is 2.35. The van der Waals surface area contributed by atoms with Gasteiger partial charge in [0.1, 0.15) is 0 Å². The maximum absolute atomic E-state index is 11.7. The van der Waals surface area contributed by atoms with Crippen LogP contribution in [-0.4, -0.2) is 17.7 Å². The Balaban J connectivity index is 2.47. The summed E-state index contributed by atoms with van der Waals surface area (Å²) in [6.45, 7) is 4.14. The Bertz CT molecular complexity index is 408. The molecule has 1 rings (SSSR count).